The average Bonchev–Trinajstić information content (AvgIpc) is 2.94. The van der Waals surface area contributed by atoms with Gasteiger partial charge in [0.1, 0.15) is 0 Å². The van der Waals surface area contributed by atoms with Gasteiger partial charge in [0.05, 0.1) is 6.04 Å². The van der Waals surface area contributed by atoms with E-state index < -0.39 is 6.04 Å². The van der Waals surface area contributed by atoms with Gasteiger partial charge in [-0.3, -0.25) is 9.59 Å². The Bertz CT molecular complexity index is 417. The fourth-order valence-corrected chi connectivity index (χ4v) is 3.37. The average molecular weight is 346 g/mol. The largest absolute Gasteiger partial charge is 0.350 e. The van der Waals surface area contributed by atoms with Crippen LogP contribution in [0.1, 0.15) is 59.3 Å². The van der Waals surface area contributed by atoms with E-state index in [4.69, 9.17) is 5.73 Å². The first-order chi connectivity index (χ1) is 10.3. The Morgan fingerprint density at radius 2 is 1.74 bits per heavy atom. The van der Waals surface area contributed by atoms with Gasteiger partial charge in [-0.25, -0.2) is 0 Å². The summed E-state index contributed by atoms with van der Waals surface area (Å²) in [6.07, 6.45) is 6.49. The third-order valence-electron chi connectivity index (χ3n) is 5.02. The lowest BCUT2D eigenvalue weighted by molar-refractivity contribution is -0.135. The van der Waals surface area contributed by atoms with Crippen molar-refractivity contribution >= 4 is 24.2 Å². The van der Waals surface area contributed by atoms with E-state index in [9.17, 15) is 9.59 Å². The minimum absolute atomic E-state index is 0. The summed E-state index contributed by atoms with van der Waals surface area (Å²) in [5, 5.41) is 3.02. The van der Waals surface area contributed by atoms with E-state index in [0.29, 0.717) is 6.54 Å². The molecule has 0 aromatic carbocycles. The Balaban J connectivity index is 0.00000264. The van der Waals surface area contributed by atoms with E-state index in [2.05, 4.69) is 5.32 Å². The number of likely N-dealkylation sites (tertiary alicyclic amines) is 1. The van der Waals surface area contributed by atoms with Crippen LogP contribution in [-0.2, 0) is 9.59 Å². The van der Waals surface area contributed by atoms with Crippen LogP contribution in [0.4, 0.5) is 0 Å². The molecule has 0 radical (unpaired) electrons. The zero-order valence-electron chi connectivity index (χ0n) is 14.6. The number of halogens is 1. The molecule has 1 heterocycles. The molecule has 1 aliphatic heterocycles. The predicted octanol–water partition coefficient (Wildman–Crippen LogP) is 2.08. The molecule has 0 spiro atoms. The first-order valence-electron chi connectivity index (χ1n) is 8.64. The Hall–Kier alpha value is -0.810. The number of nitrogens with one attached hydrogen (secondary N) is 1. The Kier molecular flexibility index (Phi) is 7.33. The summed E-state index contributed by atoms with van der Waals surface area (Å²) < 4.78 is 0. The molecule has 5 nitrogen and oxygen atoms in total. The van der Waals surface area contributed by atoms with Crippen molar-refractivity contribution in [3.05, 3.63) is 0 Å². The van der Waals surface area contributed by atoms with Gasteiger partial charge in [0.25, 0.3) is 0 Å². The summed E-state index contributed by atoms with van der Waals surface area (Å²) in [5.74, 6) is 0.390. The molecule has 1 unspecified atom stereocenters. The highest BCUT2D eigenvalue weighted by Gasteiger charge is 2.34. The van der Waals surface area contributed by atoms with E-state index in [1.54, 1.807) is 0 Å². The highest BCUT2D eigenvalue weighted by molar-refractivity contribution is 5.85. The molecule has 6 heteroatoms. The standard InChI is InChI=1S/C17H31N3O2.ClH/c1-17(2,3)14(18)15(21)19-13-9-10-20(11-13)16(22)12-7-5-4-6-8-12;/h12-14H,4-11,18H2,1-3H3,(H,19,21);1H/t13?,14-;/m1./s1. The van der Waals surface area contributed by atoms with Crippen molar-refractivity contribution in [3.8, 4) is 0 Å². The maximum absolute atomic E-state index is 12.5. The molecular weight excluding hydrogens is 314 g/mol. The molecule has 2 rings (SSSR count). The lowest BCUT2D eigenvalue weighted by atomic mass is 9.87. The normalized spacial score (nSPS) is 24.0. The molecule has 2 aliphatic rings. The second kappa shape index (κ2) is 8.34. The van der Waals surface area contributed by atoms with Crippen molar-refractivity contribution < 1.29 is 9.59 Å². The van der Waals surface area contributed by atoms with Gasteiger partial charge in [-0.1, -0.05) is 40.0 Å². The molecule has 0 bridgehead atoms. The summed E-state index contributed by atoms with van der Waals surface area (Å²) in [5.41, 5.74) is 5.74. The predicted molar refractivity (Wildman–Crippen MR) is 94.4 cm³/mol. The number of carbonyl (C=O) groups excluding carboxylic acids is 2. The molecule has 23 heavy (non-hydrogen) atoms. The highest BCUT2D eigenvalue weighted by atomic mass is 35.5. The summed E-state index contributed by atoms with van der Waals surface area (Å²) >= 11 is 0. The van der Waals surface area contributed by atoms with Crippen molar-refractivity contribution in [1.82, 2.24) is 10.2 Å². The Labute approximate surface area is 146 Å². The van der Waals surface area contributed by atoms with Gasteiger partial charge in [-0.2, -0.15) is 0 Å². The molecular formula is C17H32ClN3O2. The Morgan fingerprint density at radius 3 is 2.30 bits per heavy atom. The van der Waals surface area contributed by atoms with Crippen LogP contribution >= 0.6 is 12.4 Å². The van der Waals surface area contributed by atoms with E-state index in [1.165, 1.54) is 19.3 Å². The highest BCUT2D eigenvalue weighted by Crippen LogP contribution is 2.27. The van der Waals surface area contributed by atoms with E-state index in [1.807, 2.05) is 25.7 Å². The van der Waals surface area contributed by atoms with Crippen molar-refractivity contribution in [2.45, 2.75) is 71.4 Å². The van der Waals surface area contributed by atoms with Crippen LogP contribution in [0.5, 0.6) is 0 Å². The van der Waals surface area contributed by atoms with Crippen LogP contribution in [-0.4, -0.2) is 41.9 Å². The summed E-state index contributed by atoms with van der Waals surface area (Å²) in [6.45, 7) is 7.28. The zero-order chi connectivity index (χ0) is 16.3. The summed E-state index contributed by atoms with van der Waals surface area (Å²) in [6, 6.07) is -0.468. The van der Waals surface area contributed by atoms with Crippen LogP contribution in [0.3, 0.4) is 0 Å². The van der Waals surface area contributed by atoms with Crippen molar-refractivity contribution in [1.29, 1.82) is 0 Å². The number of rotatable bonds is 3. The van der Waals surface area contributed by atoms with Gasteiger partial charge in [0, 0.05) is 25.0 Å². The summed E-state index contributed by atoms with van der Waals surface area (Å²) in [4.78, 5) is 26.6. The second-order valence-electron chi connectivity index (χ2n) is 7.96. The van der Waals surface area contributed by atoms with Crippen LogP contribution in [0.25, 0.3) is 0 Å². The second-order valence-corrected chi connectivity index (χ2v) is 7.96. The quantitative estimate of drug-likeness (QED) is 0.822. The minimum Gasteiger partial charge on any atom is -0.350 e. The van der Waals surface area contributed by atoms with Gasteiger partial charge < -0.3 is 16.0 Å². The van der Waals surface area contributed by atoms with Crippen LogP contribution in [0.15, 0.2) is 0 Å². The molecule has 0 aromatic heterocycles. The lowest BCUT2D eigenvalue weighted by Gasteiger charge is -2.28. The molecule has 2 fully saturated rings. The molecule has 1 aliphatic carbocycles. The van der Waals surface area contributed by atoms with Crippen molar-refractivity contribution in [2.24, 2.45) is 17.1 Å². The fraction of sp³-hybridized carbons (Fsp3) is 0.882. The van der Waals surface area contributed by atoms with Crippen LogP contribution in [0.2, 0.25) is 0 Å². The number of amides is 2. The number of hydrogen-bond acceptors (Lipinski definition) is 3. The zero-order valence-corrected chi connectivity index (χ0v) is 15.5. The monoisotopic (exact) mass is 345 g/mol. The third-order valence-corrected chi connectivity index (χ3v) is 5.02. The molecule has 134 valence electrons. The smallest absolute Gasteiger partial charge is 0.237 e. The van der Waals surface area contributed by atoms with Gasteiger partial charge in [0.2, 0.25) is 11.8 Å². The number of carbonyl (C=O) groups is 2. The third kappa shape index (κ3) is 5.35. The van der Waals surface area contributed by atoms with Crippen molar-refractivity contribution in [3.63, 3.8) is 0 Å². The fourth-order valence-electron chi connectivity index (χ4n) is 3.37. The molecule has 1 saturated heterocycles. The first kappa shape index (κ1) is 20.2. The maximum atomic E-state index is 12.5. The molecule has 2 atom stereocenters. The van der Waals surface area contributed by atoms with E-state index >= 15 is 0 Å². The molecule has 2 amide bonds. The minimum atomic E-state index is -0.518. The molecule has 1 saturated carbocycles. The van der Waals surface area contributed by atoms with Gasteiger partial charge >= 0.3 is 0 Å². The SMILES string of the molecule is CC(C)(C)[C@H](N)C(=O)NC1CCN(C(=O)C2CCCCC2)C1.Cl. The number of hydrogen-bond donors (Lipinski definition) is 2. The van der Waals surface area contributed by atoms with Crippen molar-refractivity contribution in [2.75, 3.05) is 13.1 Å². The molecule has 0 aromatic rings. The van der Waals surface area contributed by atoms with Gasteiger partial charge in [-0.15, -0.1) is 12.4 Å². The topological polar surface area (TPSA) is 75.4 Å². The van der Waals surface area contributed by atoms with Gasteiger partial charge in [0.15, 0.2) is 0 Å². The summed E-state index contributed by atoms with van der Waals surface area (Å²) in [7, 11) is 0. The van der Waals surface area contributed by atoms with E-state index in [-0.39, 0.29) is 41.6 Å². The Morgan fingerprint density at radius 1 is 1.13 bits per heavy atom. The number of nitrogens with zero attached hydrogens (tertiary/aromatic N) is 1. The van der Waals surface area contributed by atoms with Crippen LogP contribution < -0.4 is 11.1 Å². The first-order valence-corrected chi connectivity index (χ1v) is 8.64. The van der Waals surface area contributed by atoms with E-state index in [0.717, 1.165) is 25.8 Å². The van der Waals surface area contributed by atoms with Crippen LogP contribution in [0, 0.1) is 11.3 Å². The van der Waals surface area contributed by atoms with Gasteiger partial charge in [-0.05, 0) is 24.7 Å². The molecule has 3 N–H and O–H groups in total. The lowest BCUT2D eigenvalue weighted by Crippen LogP contribution is -2.52. The number of nitrogens with two attached hydrogens (primary N) is 1. The maximum Gasteiger partial charge on any atom is 0.237 e.